The van der Waals surface area contributed by atoms with E-state index in [1.165, 1.54) is 18.3 Å². The third kappa shape index (κ3) is 4.35. The van der Waals surface area contributed by atoms with E-state index in [2.05, 4.69) is 10.3 Å². The molecule has 0 bridgehead atoms. The summed E-state index contributed by atoms with van der Waals surface area (Å²) < 4.78 is 10.9. The average Bonchev–Trinajstić information content (AvgIpc) is 2.91. The second-order valence-corrected chi connectivity index (χ2v) is 7.84. The molecule has 0 spiro atoms. The number of nitrogens with zero attached hydrogens (tertiary/aromatic N) is 1. The summed E-state index contributed by atoms with van der Waals surface area (Å²) in [7, 11) is 0. The summed E-state index contributed by atoms with van der Waals surface area (Å²) in [6.45, 7) is -0.609. The maximum absolute atomic E-state index is 13.1. The number of rotatable bonds is 6. The number of pyridine rings is 1. The van der Waals surface area contributed by atoms with Crippen molar-refractivity contribution in [3.05, 3.63) is 119 Å². The average molecular weight is 478 g/mol. The molecule has 1 aromatic heterocycles. The van der Waals surface area contributed by atoms with Crippen molar-refractivity contribution >= 4 is 29.1 Å². The van der Waals surface area contributed by atoms with Crippen molar-refractivity contribution in [2.24, 2.45) is 0 Å². The topological polar surface area (TPSA) is 112 Å². The number of aromatic nitrogens is 1. The van der Waals surface area contributed by atoms with E-state index in [1.54, 1.807) is 72.9 Å². The van der Waals surface area contributed by atoms with Crippen molar-refractivity contribution in [1.29, 1.82) is 0 Å². The van der Waals surface area contributed by atoms with Gasteiger partial charge in [0.25, 0.3) is 5.91 Å². The Balaban J connectivity index is 1.30. The number of ketones is 2. The normalized spacial score (nSPS) is 11.8. The largest absolute Gasteiger partial charge is 0.455 e. The number of hydrogen-bond acceptors (Lipinski definition) is 7. The van der Waals surface area contributed by atoms with E-state index in [4.69, 9.17) is 9.47 Å². The summed E-state index contributed by atoms with van der Waals surface area (Å²) in [5.74, 6) is -1.41. The third-order valence-corrected chi connectivity index (χ3v) is 5.53. The molecule has 0 unspecified atom stereocenters. The standard InChI is InChI=1S/C28H18N2O6/c31-24(16-35-28(34)20-10-3-4-13-23(20)36-17-7-6-14-29-15-17)30-22-12-5-11-21-25(22)27(33)19-9-2-1-8-18(19)26(21)32/h1-15H,16H2,(H,30,31). The lowest BCUT2D eigenvalue weighted by molar-refractivity contribution is -0.119. The molecule has 1 N–H and O–H groups in total. The van der Waals surface area contributed by atoms with Crippen LogP contribution in [0.2, 0.25) is 0 Å². The van der Waals surface area contributed by atoms with E-state index in [1.807, 2.05) is 0 Å². The molecule has 36 heavy (non-hydrogen) atoms. The van der Waals surface area contributed by atoms with E-state index in [9.17, 15) is 19.2 Å². The molecule has 0 saturated heterocycles. The number of fused-ring (bicyclic) bond motifs is 2. The molecule has 0 saturated carbocycles. The van der Waals surface area contributed by atoms with Crippen LogP contribution in [-0.4, -0.2) is 35.0 Å². The molecule has 0 fully saturated rings. The smallest absolute Gasteiger partial charge is 0.342 e. The molecule has 0 aliphatic heterocycles. The van der Waals surface area contributed by atoms with Gasteiger partial charge in [-0.3, -0.25) is 19.4 Å². The molecular formula is C28H18N2O6. The predicted octanol–water partition coefficient (Wildman–Crippen LogP) is 4.44. The molecule has 5 rings (SSSR count). The number of para-hydroxylation sites is 1. The number of carbonyl (C=O) groups is 4. The first-order valence-electron chi connectivity index (χ1n) is 11.0. The van der Waals surface area contributed by atoms with Gasteiger partial charge >= 0.3 is 5.97 Å². The zero-order valence-electron chi connectivity index (χ0n) is 18.8. The van der Waals surface area contributed by atoms with Crippen LogP contribution >= 0.6 is 0 Å². The molecule has 8 heteroatoms. The van der Waals surface area contributed by atoms with Gasteiger partial charge in [0, 0.05) is 22.9 Å². The lowest BCUT2D eigenvalue weighted by Crippen LogP contribution is -2.26. The quantitative estimate of drug-likeness (QED) is 0.359. The minimum Gasteiger partial charge on any atom is -0.455 e. The van der Waals surface area contributed by atoms with Crippen LogP contribution in [0.5, 0.6) is 11.5 Å². The van der Waals surface area contributed by atoms with Gasteiger partial charge in [-0.1, -0.05) is 48.5 Å². The molecule has 176 valence electrons. The maximum Gasteiger partial charge on any atom is 0.342 e. The zero-order valence-corrected chi connectivity index (χ0v) is 18.8. The van der Waals surface area contributed by atoms with Crippen LogP contribution < -0.4 is 10.1 Å². The Morgan fingerprint density at radius 2 is 1.50 bits per heavy atom. The summed E-state index contributed by atoms with van der Waals surface area (Å²) >= 11 is 0. The fourth-order valence-corrected chi connectivity index (χ4v) is 3.90. The van der Waals surface area contributed by atoms with Crippen LogP contribution in [0, 0.1) is 0 Å². The SMILES string of the molecule is O=C(COC(=O)c1ccccc1Oc1cccnc1)Nc1cccc2c1C(=O)c1ccccc1C2=O. The van der Waals surface area contributed by atoms with Crippen molar-refractivity contribution in [1.82, 2.24) is 4.98 Å². The summed E-state index contributed by atoms with van der Waals surface area (Å²) in [6, 6.07) is 21.0. The van der Waals surface area contributed by atoms with Crippen LogP contribution in [0.3, 0.4) is 0 Å². The number of carbonyl (C=O) groups excluding carboxylic acids is 4. The van der Waals surface area contributed by atoms with Crippen molar-refractivity contribution in [2.45, 2.75) is 0 Å². The second-order valence-electron chi connectivity index (χ2n) is 7.84. The van der Waals surface area contributed by atoms with Gasteiger partial charge in [0.05, 0.1) is 17.4 Å². The van der Waals surface area contributed by atoms with E-state index < -0.39 is 18.5 Å². The molecule has 0 radical (unpaired) electrons. The van der Waals surface area contributed by atoms with Crippen molar-refractivity contribution in [2.75, 3.05) is 11.9 Å². The molecular weight excluding hydrogens is 460 g/mol. The van der Waals surface area contributed by atoms with Crippen LogP contribution in [0.25, 0.3) is 0 Å². The molecule has 3 aromatic carbocycles. The maximum atomic E-state index is 13.1. The molecule has 1 amide bonds. The summed E-state index contributed by atoms with van der Waals surface area (Å²) in [4.78, 5) is 55.2. The highest BCUT2D eigenvalue weighted by Crippen LogP contribution is 2.32. The van der Waals surface area contributed by atoms with Crippen molar-refractivity contribution < 1.29 is 28.7 Å². The highest BCUT2D eigenvalue weighted by Gasteiger charge is 2.31. The number of nitrogens with one attached hydrogen (secondary N) is 1. The summed E-state index contributed by atoms with van der Waals surface area (Å²) in [5, 5.41) is 2.58. The van der Waals surface area contributed by atoms with Gasteiger partial charge in [0.1, 0.15) is 17.1 Å². The Hall–Kier alpha value is -5.11. The minimum absolute atomic E-state index is 0.107. The van der Waals surface area contributed by atoms with E-state index in [0.29, 0.717) is 11.3 Å². The monoisotopic (exact) mass is 478 g/mol. The third-order valence-electron chi connectivity index (χ3n) is 5.53. The van der Waals surface area contributed by atoms with Crippen LogP contribution in [0.15, 0.2) is 91.3 Å². The predicted molar refractivity (Wildman–Crippen MR) is 129 cm³/mol. The van der Waals surface area contributed by atoms with Crippen molar-refractivity contribution in [3.8, 4) is 11.5 Å². The number of anilines is 1. The number of esters is 1. The van der Waals surface area contributed by atoms with E-state index in [0.717, 1.165) is 0 Å². The van der Waals surface area contributed by atoms with Gasteiger partial charge in [0.15, 0.2) is 18.2 Å². The minimum atomic E-state index is -0.764. The van der Waals surface area contributed by atoms with Gasteiger partial charge in [-0.2, -0.15) is 0 Å². The summed E-state index contributed by atoms with van der Waals surface area (Å²) in [6.07, 6.45) is 3.10. The second kappa shape index (κ2) is 9.63. The number of benzene rings is 3. The first-order chi connectivity index (χ1) is 17.5. The van der Waals surface area contributed by atoms with E-state index >= 15 is 0 Å². The fourth-order valence-electron chi connectivity index (χ4n) is 3.90. The first kappa shape index (κ1) is 22.7. The van der Waals surface area contributed by atoms with Crippen LogP contribution in [0.4, 0.5) is 5.69 Å². The van der Waals surface area contributed by atoms with Gasteiger partial charge in [0.2, 0.25) is 0 Å². The lowest BCUT2D eigenvalue weighted by Gasteiger charge is -2.20. The Labute approximate surface area is 205 Å². The van der Waals surface area contributed by atoms with Crippen LogP contribution in [0.1, 0.15) is 42.2 Å². The Morgan fingerprint density at radius 1 is 0.778 bits per heavy atom. The number of amides is 1. The Bertz CT molecular complexity index is 1510. The van der Waals surface area contributed by atoms with Gasteiger partial charge in [-0.05, 0) is 30.3 Å². The Kier molecular flexibility index (Phi) is 6.07. The number of hydrogen-bond donors (Lipinski definition) is 1. The van der Waals surface area contributed by atoms with Gasteiger partial charge in [-0.15, -0.1) is 0 Å². The zero-order chi connectivity index (χ0) is 25.1. The van der Waals surface area contributed by atoms with Crippen LogP contribution in [-0.2, 0) is 9.53 Å². The molecule has 1 heterocycles. The molecule has 1 aliphatic rings. The molecule has 1 aliphatic carbocycles. The first-order valence-corrected chi connectivity index (χ1v) is 11.0. The van der Waals surface area contributed by atoms with E-state index in [-0.39, 0.29) is 45.3 Å². The van der Waals surface area contributed by atoms with Gasteiger partial charge < -0.3 is 14.8 Å². The number of ether oxygens (including phenoxy) is 2. The molecule has 4 aromatic rings. The molecule has 8 nitrogen and oxygen atoms in total. The lowest BCUT2D eigenvalue weighted by atomic mass is 9.83. The van der Waals surface area contributed by atoms with Gasteiger partial charge in [-0.25, -0.2) is 4.79 Å². The Morgan fingerprint density at radius 3 is 2.28 bits per heavy atom. The van der Waals surface area contributed by atoms with Crippen molar-refractivity contribution in [3.63, 3.8) is 0 Å². The highest BCUT2D eigenvalue weighted by molar-refractivity contribution is 6.30. The highest BCUT2D eigenvalue weighted by atomic mass is 16.5. The fraction of sp³-hybridized carbons (Fsp3) is 0.0357. The molecule has 0 atom stereocenters. The summed E-state index contributed by atoms with van der Waals surface area (Å²) in [5.41, 5.74) is 1.20.